The summed E-state index contributed by atoms with van der Waals surface area (Å²) < 4.78 is 0.364. The van der Waals surface area contributed by atoms with Gasteiger partial charge in [-0.3, -0.25) is 14.9 Å². The van der Waals surface area contributed by atoms with Crippen molar-refractivity contribution in [2.75, 3.05) is 5.32 Å². The van der Waals surface area contributed by atoms with Gasteiger partial charge < -0.3 is 5.32 Å². The van der Waals surface area contributed by atoms with Gasteiger partial charge in [0.05, 0.1) is 15.6 Å². The molecule has 0 aliphatic rings. The van der Waals surface area contributed by atoms with E-state index in [-0.39, 0.29) is 21.6 Å². The molecular weight excluding hydrogens is 385 g/mol. The second kappa shape index (κ2) is 6.38. The highest BCUT2D eigenvalue weighted by molar-refractivity contribution is 9.10. The van der Waals surface area contributed by atoms with Crippen LogP contribution in [0.2, 0.25) is 10.2 Å². The van der Waals surface area contributed by atoms with E-state index in [1.54, 1.807) is 0 Å². The van der Waals surface area contributed by atoms with Crippen molar-refractivity contribution in [3.8, 4) is 0 Å². The van der Waals surface area contributed by atoms with Crippen molar-refractivity contribution in [2.45, 2.75) is 0 Å². The Kier molecular flexibility index (Phi) is 4.76. The lowest BCUT2D eigenvalue weighted by Crippen LogP contribution is -2.14. The van der Waals surface area contributed by atoms with Gasteiger partial charge in [-0.05, 0) is 34.1 Å². The number of benzene rings is 1. The van der Waals surface area contributed by atoms with Crippen LogP contribution in [0.3, 0.4) is 0 Å². The summed E-state index contributed by atoms with van der Waals surface area (Å²) in [7, 11) is 0. The Hall–Kier alpha value is -1.70. The van der Waals surface area contributed by atoms with E-state index in [0.29, 0.717) is 10.2 Å². The summed E-state index contributed by atoms with van der Waals surface area (Å²) in [6.07, 6.45) is 0. The first-order valence-corrected chi connectivity index (χ1v) is 7.00. The van der Waals surface area contributed by atoms with Gasteiger partial charge in [-0.15, -0.1) is 0 Å². The van der Waals surface area contributed by atoms with Gasteiger partial charge in [-0.2, -0.15) is 0 Å². The molecule has 0 unspecified atom stereocenters. The Bertz CT molecular complexity index is 740. The topological polar surface area (TPSA) is 85.1 Å². The maximum absolute atomic E-state index is 12.1. The number of carbonyl (C=O) groups excluding carboxylic acids is 1. The number of hydrogen-bond donors (Lipinski definition) is 1. The number of nitrogens with one attached hydrogen (secondary N) is 1. The molecule has 0 radical (unpaired) electrons. The van der Waals surface area contributed by atoms with Gasteiger partial charge in [0.15, 0.2) is 0 Å². The van der Waals surface area contributed by atoms with Gasteiger partial charge in [-0.25, -0.2) is 4.98 Å². The van der Waals surface area contributed by atoms with Crippen LogP contribution in [0.5, 0.6) is 0 Å². The van der Waals surface area contributed by atoms with Crippen molar-refractivity contribution in [1.29, 1.82) is 0 Å². The number of nitro groups is 1. The number of hydrogen-bond acceptors (Lipinski definition) is 4. The molecule has 0 fully saturated rings. The monoisotopic (exact) mass is 389 g/mol. The molecule has 1 amide bonds. The standard InChI is InChI=1S/C12H6BrCl2N3O3/c13-7-5-6(18(20)21)1-3-9(7)16-12(19)11-8(14)2-4-10(15)17-11/h1-5H,(H,16,19). The number of amides is 1. The molecule has 21 heavy (non-hydrogen) atoms. The minimum atomic E-state index is -0.572. The molecule has 1 aromatic carbocycles. The van der Waals surface area contributed by atoms with Crippen molar-refractivity contribution in [3.05, 3.63) is 60.8 Å². The van der Waals surface area contributed by atoms with E-state index >= 15 is 0 Å². The first-order chi connectivity index (χ1) is 9.88. The molecule has 0 aliphatic heterocycles. The number of nitrogens with zero attached hydrogens (tertiary/aromatic N) is 2. The van der Waals surface area contributed by atoms with Crippen LogP contribution < -0.4 is 5.32 Å². The highest BCUT2D eigenvalue weighted by Gasteiger charge is 2.16. The van der Waals surface area contributed by atoms with E-state index < -0.39 is 10.8 Å². The van der Waals surface area contributed by atoms with Crippen molar-refractivity contribution < 1.29 is 9.72 Å². The molecule has 2 rings (SSSR count). The maximum Gasteiger partial charge on any atom is 0.275 e. The summed E-state index contributed by atoms with van der Waals surface area (Å²) in [6, 6.07) is 6.87. The molecule has 6 nitrogen and oxygen atoms in total. The molecule has 1 N–H and O–H groups in total. The van der Waals surface area contributed by atoms with E-state index in [1.165, 1.54) is 30.3 Å². The zero-order valence-corrected chi connectivity index (χ0v) is 13.2. The Morgan fingerprint density at radius 2 is 2.00 bits per heavy atom. The Balaban J connectivity index is 2.27. The molecule has 0 saturated heterocycles. The van der Waals surface area contributed by atoms with Crippen LogP contribution in [-0.4, -0.2) is 15.8 Å². The third-order valence-corrected chi connectivity index (χ3v) is 3.61. The Morgan fingerprint density at radius 1 is 1.29 bits per heavy atom. The van der Waals surface area contributed by atoms with E-state index in [2.05, 4.69) is 26.2 Å². The second-order valence-electron chi connectivity index (χ2n) is 3.84. The number of non-ortho nitro benzene ring substituents is 1. The lowest BCUT2D eigenvalue weighted by atomic mass is 10.2. The SMILES string of the molecule is O=C(Nc1ccc([N+](=O)[O-])cc1Br)c1nc(Cl)ccc1Cl. The first-order valence-electron chi connectivity index (χ1n) is 5.46. The fourth-order valence-corrected chi connectivity index (χ4v) is 2.28. The molecule has 0 bridgehead atoms. The van der Waals surface area contributed by atoms with Gasteiger partial charge in [-0.1, -0.05) is 23.2 Å². The van der Waals surface area contributed by atoms with Crippen LogP contribution in [0.25, 0.3) is 0 Å². The largest absolute Gasteiger partial charge is 0.320 e. The minimum absolute atomic E-state index is 0.0329. The number of rotatable bonds is 3. The van der Waals surface area contributed by atoms with Gasteiger partial charge in [0.2, 0.25) is 0 Å². The number of nitro benzene ring substituents is 1. The van der Waals surface area contributed by atoms with Crippen LogP contribution in [0, 0.1) is 10.1 Å². The summed E-state index contributed by atoms with van der Waals surface area (Å²) in [4.78, 5) is 26.0. The molecule has 0 spiro atoms. The number of carbonyl (C=O) groups is 1. The van der Waals surface area contributed by atoms with Crippen molar-refractivity contribution in [3.63, 3.8) is 0 Å². The van der Waals surface area contributed by atoms with Gasteiger partial charge in [0.25, 0.3) is 11.6 Å². The molecule has 0 atom stereocenters. The van der Waals surface area contributed by atoms with Crippen LogP contribution in [0.15, 0.2) is 34.8 Å². The van der Waals surface area contributed by atoms with Gasteiger partial charge in [0, 0.05) is 16.6 Å². The van der Waals surface area contributed by atoms with E-state index in [0.717, 1.165) is 0 Å². The predicted molar refractivity (Wildman–Crippen MR) is 83.0 cm³/mol. The zero-order chi connectivity index (χ0) is 15.6. The van der Waals surface area contributed by atoms with E-state index in [1.807, 2.05) is 0 Å². The molecule has 9 heteroatoms. The lowest BCUT2D eigenvalue weighted by molar-refractivity contribution is -0.384. The lowest BCUT2D eigenvalue weighted by Gasteiger charge is -2.08. The quantitative estimate of drug-likeness (QED) is 0.480. The fourth-order valence-electron chi connectivity index (χ4n) is 1.48. The number of aromatic nitrogens is 1. The number of anilines is 1. The van der Waals surface area contributed by atoms with Crippen molar-refractivity contribution in [2.24, 2.45) is 0 Å². The normalized spacial score (nSPS) is 10.2. The molecule has 2 aromatic rings. The van der Waals surface area contributed by atoms with Crippen LogP contribution in [-0.2, 0) is 0 Å². The highest BCUT2D eigenvalue weighted by Crippen LogP contribution is 2.28. The highest BCUT2D eigenvalue weighted by atomic mass is 79.9. The molecule has 108 valence electrons. The van der Waals surface area contributed by atoms with E-state index in [4.69, 9.17) is 23.2 Å². The Labute approximate surface area is 137 Å². The molecular formula is C12H6BrCl2N3O3. The van der Waals surface area contributed by atoms with Crippen LogP contribution in [0.1, 0.15) is 10.5 Å². The average Bonchev–Trinajstić information content (AvgIpc) is 2.43. The zero-order valence-electron chi connectivity index (χ0n) is 10.1. The summed E-state index contributed by atoms with van der Waals surface area (Å²) in [5.74, 6) is -0.572. The average molecular weight is 391 g/mol. The van der Waals surface area contributed by atoms with Crippen LogP contribution in [0.4, 0.5) is 11.4 Å². The molecule has 1 aromatic heterocycles. The maximum atomic E-state index is 12.1. The van der Waals surface area contributed by atoms with Gasteiger partial charge in [0.1, 0.15) is 10.8 Å². The van der Waals surface area contributed by atoms with Crippen molar-refractivity contribution >= 4 is 56.4 Å². The third kappa shape index (κ3) is 3.69. The van der Waals surface area contributed by atoms with E-state index in [9.17, 15) is 14.9 Å². The van der Waals surface area contributed by atoms with Crippen molar-refractivity contribution in [1.82, 2.24) is 4.98 Å². The molecule has 0 saturated carbocycles. The summed E-state index contributed by atoms with van der Waals surface area (Å²) >= 11 is 14.7. The third-order valence-electron chi connectivity index (χ3n) is 2.44. The number of halogens is 3. The fraction of sp³-hybridized carbons (Fsp3) is 0. The second-order valence-corrected chi connectivity index (χ2v) is 5.49. The number of pyridine rings is 1. The minimum Gasteiger partial charge on any atom is -0.320 e. The first kappa shape index (κ1) is 15.7. The molecule has 0 aliphatic carbocycles. The summed E-state index contributed by atoms with van der Waals surface area (Å²) in [5, 5.41) is 13.5. The van der Waals surface area contributed by atoms with Crippen LogP contribution >= 0.6 is 39.1 Å². The predicted octanol–water partition coefficient (Wildman–Crippen LogP) is 4.31. The summed E-state index contributed by atoms with van der Waals surface area (Å²) in [6.45, 7) is 0. The Morgan fingerprint density at radius 3 is 2.62 bits per heavy atom. The van der Waals surface area contributed by atoms with Gasteiger partial charge >= 0.3 is 0 Å². The molecule has 1 heterocycles. The smallest absolute Gasteiger partial charge is 0.275 e. The summed E-state index contributed by atoms with van der Waals surface area (Å²) in [5.41, 5.74) is 0.219.